The van der Waals surface area contributed by atoms with E-state index < -0.39 is 20.2 Å². The van der Waals surface area contributed by atoms with Crippen molar-refractivity contribution in [2.75, 3.05) is 0 Å². The molecule has 6 nitrogen and oxygen atoms in total. The molecule has 2 saturated carbocycles. The molecule has 0 unspecified atom stereocenters. The first-order chi connectivity index (χ1) is 19.2. The van der Waals surface area contributed by atoms with Crippen LogP contribution in [0.2, 0.25) is 0 Å². The van der Waals surface area contributed by atoms with Gasteiger partial charge in [-0.05, 0) is 84.1 Å². The highest BCUT2D eigenvalue weighted by Crippen LogP contribution is 2.47. The van der Waals surface area contributed by atoms with Crippen LogP contribution in [0.3, 0.4) is 0 Å². The van der Waals surface area contributed by atoms with Crippen LogP contribution in [-0.2, 0) is 20.2 Å². The average Bonchev–Trinajstić information content (AvgIpc) is 2.92. The molecule has 0 aromatic heterocycles. The van der Waals surface area contributed by atoms with Crippen molar-refractivity contribution in [3.05, 3.63) is 52.1 Å². The molecule has 0 saturated heterocycles. The molecule has 2 aromatic carbocycles. The molecule has 2 aliphatic rings. The second kappa shape index (κ2) is 12.8. The van der Waals surface area contributed by atoms with Gasteiger partial charge in [0.2, 0.25) is 0 Å². The summed E-state index contributed by atoms with van der Waals surface area (Å²) in [5.74, 6) is 0.269. The van der Waals surface area contributed by atoms with Crippen LogP contribution in [0.1, 0.15) is 163 Å². The van der Waals surface area contributed by atoms with Gasteiger partial charge < -0.3 is 8.74 Å². The third kappa shape index (κ3) is 7.19. The quantitative estimate of drug-likeness (QED) is 0.210. The Morgan fingerprint density at radius 2 is 1.07 bits per heavy atom. The lowest BCUT2D eigenvalue weighted by molar-refractivity contribution is 0.409. The predicted octanol–water partition coefficient (Wildman–Crippen LogP) is 8.82. The van der Waals surface area contributed by atoms with Crippen LogP contribution in [0.5, 0.6) is 5.75 Å². The van der Waals surface area contributed by atoms with Gasteiger partial charge in [0.1, 0.15) is 20.8 Å². The van der Waals surface area contributed by atoms with Crippen LogP contribution >= 0.6 is 0 Å². The largest absolute Gasteiger partial charge is 0.744 e. The van der Waals surface area contributed by atoms with Gasteiger partial charge in [0.05, 0.1) is 4.90 Å². The number of benzene rings is 2. The van der Waals surface area contributed by atoms with Crippen molar-refractivity contribution < 1.29 is 25.6 Å². The van der Waals surface area contributed by atoms with Crippen LogP contribution < -0.4 is 4.18 Å². The first-order valence-electron chi connectivity index (χ1n) is 15.5. The van der Waals surface area contributed by atoms with Gasteiger partial charge in [0.25, 0.3) is 0 Å². The predicted molar refractivity (Wildman–Crippen MR) is 163 cm³/mol. The molecular weight excluding hydrogens is 556 g/mol. The van der Waals surface area contributed by atoms with Crippen molar-refractivity contribution in [1.82, 2.24) is 0 Å². The fraction of sp³-hybridized carbons (Fsp3) is 0.636. The molecule has 228 valence electrons. The molecule has 0 bridgehead atoms. The minimum Gasteiger partial charge on any atom is -0.744 e. The summed E-state index contributed by atoms with van der Waals surface area (Å²) in [5, 5.41) is 0. The Balaban J connectivity index is 1.98. The zero-order valence-corrected chi connectivity index (χ0v) is 27.2. The highest BCUT2D eigenvalue weighted by atomic mass is 32.2. The number of hydrogen-bond donors (Lipinski definition) is 0. The van der Waals surface area contributed by atoms with Crippen LogP contribution in [0.25, 0.3) is 0 Å². The van der Waals surface area contributed by atoms with E-state index in [0.29, 0.717) is 11.1 Å². The van der Waals surface area contributed by atoms with E-state index in [9.17, 15) is 21.4 Å². The summed E-state index contributed by atoms with van der Waals surface area (Å²) < 4.78 is 72.2. The molecule has 0 atom stereocenters. The Morgan fingerprint density at radius 3 is 1.41 bits per heavy atom. The summed E-state index contributed by atoms with van der Waals surface area (Å²) in [7, 11) is -9.05. The summed E-state index contributed by atoms with van der Waals surface area (Å²) in [6.45, 7) is 12.2. The van der Waals surface area contributed by atoms with E-state index in [1.54, 1.807) is 0 Å². The SMILES string of the molecule is CC(C)c1cc(C(C)C)c(S(=O)(=O)Oc2c(C3CCCCC3)cc(S(=O)(=O)[O-])cc2C2CCCCC2)c(C(C)C)c1. The third-order valence-electron chi connectivity index (χ3n) is 9.02. The lowest BCUT2D eigenvalue weighted by Gasteiger charge is -2.31. The molecule has 0 amide bonds. The highest BCUT2D eigenvalue weighted by Gasteiger charge is 2.34. The molecule has 2 aromatic rings. The van der Waals surface area contributed by atoms with Gasteiger partial charge in [0.15, 0.2) is 0 Å². The van der Waals surface area contributed by atoms with Crippen LogP contribution in [0, 0.1) is 0 Å². The summed E-state index contributed by atoms with van der Waals surface area (Å²) in [4.78, 5) is -0.0629. The fourth-order valence-electron chi connectivity index (χ4n) is 6.65. The number of hydrogen-bond acceptors (Lipinski definition) is 6. The van der Waals surface area contributed by atoms with E-state index in [1.807, 2.05) is 39.8 Å². The second-order valence-corrected chi connectivity index (χ2v) is 15.9. The maximum atomic E-state index is 14.5. The van der Waals surface area contributed by atoms with Crippen LogP contribution in [-0.4, -0.2) is 21.4 Å². The second-order valence-electron chi connectivity index (χ2n) is 13.1. The van der Waals surface area contributed by atoms with E-state index >= 15 is 0 Å². The molecule has 0 radical (unpaired) electrons. The fourth-order valence-corrected chi connectivity index (χ4v) is 8.85. The first-order valence-corrected chi connectivity index (χ1v) is 18.3. The Morgan fingerprint density at radius 1 is 0.659 bits per heavy atom. The lowest BCUT2D eigenvalue weighted by Crippen LogP contribution is -2.21. The number of rotatable bonds is 9. The van der Waals surface area contributed by atoms with Gasteiger partial charge in [-0.15, -0.1) is 0 Å². The van der Waals surface area contributed by atoms with E-state index in [-0.39, 0.29) is 45.1 Å². The van der Waals surface area contributed by atoms with E-state index in [4.69, 9.17) is 4.18 Å². The van der Waals surface area contributed by atoms with E-state index in [0.717, 1.165) is 80.9 Å². The van der Waals surface area contributed by atoms with Crippen molar-refractivity contribution in [2.24, 2.45) is 0 Å². The molecular formula is C33H47O6S2-. The van der Waals surface area contributed by atoms with Crippen molar-refractivity contribution in [2.45, 2.75) is 145 Å². The molecule has 0 spiro atoms. The molecule has 8 heteroatoms. The molecule has 2 aliphatic carbocycles. The Bertz CT molecular complexity index is 1370. The zero-order valence-electron chi connectivity index (χ0n) is 25.5. The summed E-state index contributed by atoms with van der Waals surface area (Å²) in [5.41, 5.74) is 3.67. The monoisotopic (exact) mass is 603 g/mol. The van der Waals surface area contributed by atoms with E-state index in [1.165, 1.54) is 12.1 Å². The molecule has 4 rings (SSSR count). The molecule has 41 heavy (non-hydrogen) atoms. The van der Waals surface area contributed by atoms with Crippen LogP contribution in [0.4, 0.5) is 0 Å². The normalized spacial score (nSPS) is 18.0. The minimum atomic E-state index is -4.74. The average molecular weight is 604 g/mol. The highest BCUT2D eigenvalue weighted by molar-refractivity contribution is 7.87. The lowest BCUT2D eigenvalue weighted by atomic mass is 9.79. The minimum absolute atomic E-state index is 0.0526. The Labute approximate surface area is 248 Å². The maximum Gasteiger partial charge on any atom is 0.339 e. The molecule has 0 heterocycles. The van der Waals surface area contributed by atoms with Crippen LogP contribution in [0.15, 0.2) is 34.1 Å². The van der Waals surface area contributed by atoms with Gasteiger partial charge in [-0.2, -0.15) is 8.42 Å². The van der Waals surface area contributed by atoms with Crippen molar-refractivity contribution >= 4 is 20.2 Å². The zero-order chi connectivity index (χ0) is 30.1. The first kappa shape index (κ1) is 32.0. The third-order valence-corrected chi connectivity index (χ3v) is 11.2. The molecule has 0 N–H and O–H groups in total. The van der Waals surface area contributed by atoms with Crippen molar-refractivity contribution in [3.8, 4) is 5.75 Å². The summed E-state index contributed by atoms with van der Waals surface area (Å²) in [6, 6.07) is 6.80. The smallest absolute Gasteiger partial charge is 0.339 e. The topological polar surface area (TPSA) is 101 Å². The van der Waals surface area contributed by atoms with Gasteiger partial charge in [0, 0.05) is 11.1 Å². The summed E-state index contributed by atoms with van der Waals surface area (Å²) >= 11 is 0. The van der Waals surface area contributed by atoms with Gasteiger partial charge in [-0.25, -0.2) is 8.42 Å². The van der Waals surface area contributed by atoms with Crippen molar-refractivity contribution in [3.63, 3.8) is 0 Å². The van der Waals surface area contributed by atoms with E-state index in [2.05, 4.69) is 13.8 Å². The molecule has 0 aliphatic heterocycles. The standard InChI is InChI=1S/C33H48O6S2/c1-21(2)26-17-28(22(3)4)33(29(18-26)23(5)6)41(37,38)39-32-30(24-13-9-7-10-14-24)19-27(40(34,35)36)20-31(32)25-15-11-8-12-16-25/h17-25H,7-16H2,1-6H3,(H,34,35,36)/p-1. The van der Waals surface area contributed by atoms with Gasteiger partial charge in [-0.1, -0.05) is 92.2 Å². The van der Waals surface area contributed by atoms with Crippen molar-refractivity contribution in [1.29, 1.82) is 0 Å². The van der Waals surface area contributed by atoms with Gasteiger partial charge >= 0.3 is 10.1 Å². The maximum absolute atomic E-state index is 14.5. The Hall–Kier alpha value is -1.90. The summed E-state index contributed by atoms with van der Waals surface area (Å²) in [6.07, 6.45) is 9.26. The molecule has 2 fully saturated rings. The Kier molecular flexibility index (Phi) is 9.97. The van der Waals surface area contributed by atoms with Gasteiger partial charge in [-0.3, -0.25) is 0 Å².